The Morgan fingerprint density at radius 1 is 1.50 bits per heavy atom. The van der Waals surface area contributed by atoms with Gasteiger partial charge in [0.2, 0.25) is 0 Å². The van der Waals surface area contributed by atoms with Crippen LogP contribution in [0.3, 0.4) is 0 Å². The van der Waals surface area contributed by atoms with Crippen LogP contribution in [0.25, 0.3) is 0 Å². The van der Waals surface area contributed by atoms with Crippen LogP contribution in [0, 0.1) is 5.82 Å². The number of hydrogen-bond donors (Lipinski definition) is 1. The molecule has 0 saturated carbocycles. The van der Waals surface area contributed by atoms with Crippen molar-refractivity contribution in [3.8, 4) is 0 Å². The van der Waals surface area contributed by atoms with Crippen LogP contribution in [0.1, 0.15) is 19.3 Å². The lowest BCUT2D eigenvalue weighted by Crippen LogP contribution is -2.13. The molecule has 0 aliphatic carbocycles. The van der Waals surface area contributed by atoms with Crippen molar-refractivity contribution in [2.24, 2.45) is 0 Å². The number of ether oxygens (including phenoxy) is 1. The van der Waals surface area contributed by atoms with Crippen molar-refractivity contribution in [2.45, 2.75) is 25.4 Å². The smallest absolute Gasteiger partial charge is 0.164 e. The number of anilines is 1. The molecule has 1 heterocycles. The Labute approximate surface area is 99.7 Å². The predicted molar refractivity (Wildman–Crippen MR) is 63.5 cm³/mol. The van der Waals surface area contributed by atoms with E-state index in [2.05, 4.69) is 5.32 Å². The zero-order valence-corrected chi connectivity index (χ0v) is 9.77. The van der Waals surface area contributed by atoms with Crippen LogP contribution in [0.2, 0.25) is 5.02 Å². The minimum Gasteiger partial charge on any atom is -0.383 e. The zero-order chi connectivity index (χ0) is 11.4. The van der Waals surface area contributed by atoms with Crippen molar-refractivity contribution in [1.29, 1.82) is 0 Å². The van der Waals surface area contributed by atoms with Crippen LogP contribution in [-0.4, -0.2) is 19.3 Å². The Morgan fingerprint density at radius 3 is 3.12 bits per heavy atom. The molecule has 1 saturated heterocycles. The zero-order valence-electron chi connectivity index (χ0n) is 9.01. The fourth-order valence-corrected chi connectivity index (χ4v) is 2.05. The third-order valence-electron chi connectivity index (χ3n) is 2.76. The monoisotopic (exact) mass is 243 g/mol. The molecule has 2 nitrogen and oxygen atoms in total. The number of benzene rings is 1. The van der Waals surface area contributed by atoms with Gasteiger partial charge < -0.3 is 10.1 Å². The van der Waals surface area contributed by atoms with E-state index in [4.69, 9.17) is 16.3 Å². The third-order valence-corrected chi connectivity index (χ3v) is 3.05. The molecule has 0 aromatic heterocycles. The first kappa shape index (κ1) is 11.7. The van der Waals surface area contributed by atoms with Gasteiger partial charge in [0.05, 0.1) is 16.8 Å². The minimum atomic E-state index is -0.378. The number of hydrogen-bond acceptors (Lipinski definition) is 2. The maximum absolute atomic E-state index is 13.5. The van der Waals surface area contributed by atoms with Crippen LogP contribution in [0.15, 0.2) is 18.2 Å². The van der Waals surface area contributed by atoms with E-state index >= 15 is 0 Å². The average Bonchev–Trinajstić information content (AvgIpc) is 2.77. The van der Waals surface area contributed by atoms with Gasteiger partial charge in [-0.2, -0.15) is 0 Å². The fourth-order valence-electron chi connectivity index (χ4n) is 1.88. The summed E-state index contributed by atoms with van der Waals surface area (Å²) in [4.78, 5) is 0. The van der Waals surface area contributed by atoms with Crippen LogP contribution in [0.4, 0.5) is 10.1 Å². The number of rotatable bonds is 4. The van der Waals surface area contributed by atoms with E-state index in [0.29, 0.717) is 18.3 Å². The molecular weight excluding hydrogens is 229 g/mol. The Morgan fingerprint density at radius 2 is 2.38 bits per heavy atom. The molecule has 0 radical (unpaired) electrons. The summed E-state index contributed by atoms with van der Waals surface area (Å²) < 4.78 is 19.0. The van der Waals surface area contributed by atoms with Crippen molar-refractivity contribution in [3.05, 3.63) is 29.0 Å². The Bertz CT molecular complexity index is 353. The summed E-state index contributed by atoms with van der Waals surface area (Å²) in [7, 11) is 0. The number of halogens is 2. The highest BCUT2D eigenvalue weighted by Gasteiger charge is 2.15. The van der Waals surface area contributed by atoms with Crippen molar-refractivity contribution in [1.82, 2.24) is 0 Å². The quantitative estimate of drug-likeness (QED) is 0.875. The molecule has 16 heavy (non-hydrogen) atoms. The Balaban J connectivity index is 1.82. The summed E-state index contributed by atoms with van der Waals surface area (Å²) in [6, 6.07) is 4.97. The molecule has 1 aliphatic rings. The lowest BCUT2D eigenvalue weighted by molar-refractivity contribution is 0.107. The average molecular weight is 244 g/mol. The molecule has 1 aromatic carbocycles. The van der Waals surface area contributed by atoms with E-state index in [1.807, 2.05) is 0 Å². The summed E-state index contributed by atoms with van der Waals surface area (Å²) in [5.74, 6) is -0.378. The second-order valence-electron chi connectivity index (χ2n) is 3.95. The summed E-state index contributed by atoms with van der Waals surface area (Å²) in [5, 5.41) is 3.20. The van der Waals surface area contributed by atoms with E-state index in [-0.39, 0.29) is 10.8 Å². The van der Waals surface area contributed by atoms with Crippen molar-refractivity contribution in [2.75, 3.05) is 18.5 Å². The largest absolute Gasteiger partial charge is 0.383 e. The lowest BCUT2D eigenvalue weighted by atomic mass is 10.2. The van der Waals surface area contributed by atoms with E-state index in [9.17, 15) is 4.39 Å². The van der Waals surface area contributed by atoms with Gasteiger partial charge in [-0.15, -0.1) is 0 Å². The maximum Gasteiger partial charge on any atom is 0.164 e. The molecule has 1 atom stereocenters. The molecule has 1 N–H and O–H groups in total. The van der Waals surface area contributed by atoms with Crippen molar-refractivity contribution in [3.63, 3.8) is 0 Å². The van der Waals surface area contributed by atoms with E-state index in [1.165, 1.54) is 0 Å². The van der Waals surface area contributed by atoms with E-state index in [1.54, 1.807) is 18.2 Å². The second kappa shape index (κ2) is 5.51. The molecule has 1 aromatic rings. The molecule has 0 spiro atoms. The van der Waals surface area contributed by atoms with E-state index in [0.717, 1.165) is 25.9 Å². The Kier molecular flexibility index (Phi) is 4.02. The van der Waals surface area contributed by atoms with Gasteiger partial charge in [-0.3, -0.25) is 0 Å². The second-order valence-corrected chi connectivity index (χ2v) is 4.36. The van der Waals surface area contributed by atoms with Gasteiger partial charge in [0.15, 0.2) is 5.82 Å². The Hall–Kier alpha value is -0.800. The molecule has 1 aliphatic heterocycles. The van der Waals surface area contributed by atoms with E-state index < -0.39 is 0 Å². The highest BCUT2D eigenvalue weighted by atomic mass is 35.5. The van der Waals surface area contributed by atoms with Crippen LogP contribution in [-0.2, 0) is 4.74 Å². The van der Waals surface area contributed by atoms with Gasteiger partial charge in [0.1, 0.15) is 0 Å². The summed E-state index contributed by atoms with van der Waals surface area (Å²) in [6.45, 7) is 1.57. The first-order valence-electron chi connectivity index (χ1n) is 5.57. The first-order valence-corrected chi connectivity index (χ1v) is 5.94. The molecule has 4 heteroatoms. The van der Waals surface area contributed by atoms with Crippen molar-refractivity contribution < 1.29 is 9.13 Å². The molecule has 2 rings (SSSR count). The molecule has 1 unspecified atom stereocenters. The van der Waals surface area contributed by atoms with Gasteiger partial charge in [-0.25, -0.2) is 4.39 Å². The molecule has 1 fully saturated rings. The topological polar surface area (TPSA) is 21.3 Å². The normalized spacial score (nSPS) is 20.0. The van der Waals surface area contributed by atoms with Crippen LogP contribution >= 0.6 is 11.6 Å². The highest BCUT2D eigenvalue weighted by molar-refractivity contribution is 6.31. The van der Waals surface area contributed by atoms with Gasteiger partial charge in [-0.1, -0.05) is 17.7 Å². The molecule has 0 amide bonds. The molecular formula is C12H15ClFNO. The SMILES string of the molecule is Fc1c(Cl)cccc1NCCC1CCCO1. The minimum absolute atomic E-state index is 0.155. The summed E-state index contributed by atoms with van der Waals surface area (Å²) in [6.07, 6.45) is 3.48. The summed E-state index contributed by atoms with van der Waals surface area (Å²) >= 11 is 5.68. The molecule has 0 bridgehead atoms. The fraction of sp³-hybridized carbons (Fsp3) is 0.500. The van der Waals surface area contributed by atoms with Gasteiger partial charge in [0.25, 0.3) is 0 Å². The van der Waals surface area contributed by atoms with Gasteiger partial charge >= 0.3 is 0 Å². The van der Waals surface area contributed by atoms with Gasteiger partial charge in [0, 0.05) is 13.2 Å². The van der Waals surface area contributed by atoms with Gasteiger partial charge in [-0.05, 0) is 31.4 Å². The summed E-state index contributed by atoms with van der Waals surface area (Å²) in [5.41, 5.74) is 0.463. The van der Waals surface area contributed by atoms with Crippen molar-refractivity contribution >= 4 is 17.3 Å². The lowest BCUT2D eigenvalue weighted by Gasteiger charge is -2.11. The highest BCUT2D eigenvalue weighted by Crippen LogP contribution is 2.22. The van der Waals surface area contributed by atoms with Crippen LogP contribution in [0.5, 0.6) is 0 Å². The molecule has 88 valence electrons. The van der Waals surface area contributed by atoms with Crippen LogP contribution < -0.4 is 5.32 Å². The third kappa shape index (κ3) is 2.86. The predicted octanol–water partition coefficient (Wildman–Crippen LogP) is 3.46. The standard InChI is InChI=1S/C12H15ClFNO/c13-10-4-1-5-11(12(10)14)15-7-6-9-3-2-8-16-9/h1,4-5,9,15H,2-3,6-8H2. The first-order chi connectivity index (χ1) is 7.77. The maximum atomic E-state index is 13.5. The number of nitrogens with one attached hydrogen (secondary N) is 1.